The van der Waals surface area contributed by atoms with Crippen molar-refractivity contribution in [2.75, 3.05) is 10.6 Å². The monoisotopic (exact) mass is 188 g/mol. The van der Waals surface area contributed by atoms with Crippen LogP contribution in [0.3, 0.4) is 0 Å². The molecule has 0 fully saturated rings. The first-order valence-electron chi connectivity index (χ1n) is 4.98. The molecule has 2 rings (SSSR count). The van der Waals surface area contributed by atoms with Crippen molar-refractivity contribution in [2.45, 2.75) is 26.3 Å². The molecule has 0 radical (unpaired) electrons. The normalized spacial score (nSPS) is 20.4. The van der Waals surface area contributed by atoms with Crippen LogP contribution in [-0.4, -0.2) is 6.04 Å². The molecule has 0 saturated carbocycles. The van der Waals surface area contributed by atoms with E-state index in [4.69, 9.17) is 0 Å². The molecule has 2 nitrogen and oxygen atoms in total. The highest BCUT2D eigenvalue weighted by Gasteiger charge is 2.14. The van der Waals surface area contributed by atoms with Crippen LogP contribution >= 0.6 is 0 Å². The number of benzene rings is 1. The maximum Gasteiger partial charge on any atom is 0.0620 e. The van der Waals surface area contributed by atoms with E-state index in [1.54, 1.807) is 0 Å². The maximum absolute atomic E-state index is 4.00. The van der Waals surface area contributed by atoms with Crippen molar-refractivity contribution >= 4 is 11.4 Å². The third-order valence-corrected chi connectivity index (χ3v) is 2.53. The molecule has 0 aliphatic carbocycles. The van der Waals surface area contributed by atoms with Gasteiger partial charge in [-0.05, 0) is 25.5 Å². The van der Waals surface area contributed by atoms with Gasteiger partial charge in [-0.1, -0.05) is 18.7 Å². The Labute approximate surface area is 85.0 Å². The van der Waals surface area contributed by atoms with Gasteiger partial charge < -0.3 is 10.6 Å². The molecule has 0 amide bonds. The quantitative estimate of drug-likeness (QED) is 0.653. The zero-order valence-electron chi connectivity index (χ0n) is 8.72. The molecule has 14 heavy (non-hydrogen) atoms. The molecule has 0 bridgehead atoms. The Morgan fingerprint density at radius 3 is 3.00 bits per heavy atom. The Hall–Kier alpha value is -1.44. The van der Waals surface area contributed by atoms with E-state index in [-0.39, 0.29) is 0 Å². The van der Waals surface area contributed by atoms with Crippen molar-refractivity contribution in [1.82, 2.24) is 0 Å². The summed E-state index contributed by atoms with van der Waals surface area (Å²) in [6.07, 6.45) is 0.966. The number of rotatable bonds is 0. The summed E-state index contributed by atoms with van der Waals surface area (Å²) in [5.41, 5.74) is 4.70. The van der Waals surface area contributed by atoms with Gasteiger partial charge in [0, 0.05) is 18.2 Å². The first-order valence-corrected chi connectivity index (χ1v) is 4.98. The molecule has 0 saturated heterocycles. The third-order valence-electron chi connectivity index (χ3n) is 2.53. The fourth-order valence-electron chi connectivity index (χ4n) is 1.87. The molecule has 1 unspecified atom stereocenters. The predicted octanol–water partition coefficient (Wildman–Crippen LogP) is 3.12. The number of nitrogens with one attached hydrogen (secondary N) is 2. The highest BCUT2D eigenvalue weighted by molar-refractivity contribution is 5.75. The van der Waals surface area contributed by atoms with E-state index >= 15 is 0 Å². The van der Waals surface area contributed by atoms with Gasteiger partial charge in [-0.25, -0.2) is 0 Å². The van der Waals surface area contributed by atoms with Gasteiger partial charge >= 0.3 is 0 Å². The van der Waals surface area contributed by atoms with Crippen LogP contribution in [0.5, 0.6) is 0 Å². The number of hydrogen-bond donors (Lipinski definition) is 2. The van der Waals surface area contributed by atoms with E-state index in [0.29, 0.717) is 6.04 Å². The van der Waals surface area contributed by atoms with Crippen molar-refractivity contribution in [1.29, 1.82) is 0 Å². The highest BCUT2D eigenvalue weighted by Crippen LogP contribution is 2.31. The fraction of sp³-hybridized carbons (Fsp3) is 0.333. The second-order valence-electron chi connectivity index (χ2n) is 3.98. The second-order valence-corrected chi connectivity index (χ2v) is 3.98. The van der Waals surface area contributed by atoms with Gasteiger partial charge in [-0.15, -0.1) is 0 Å². The topological polar surface area (TPSA) is 24.1 Å². The van der Waals surface area contributed by atoms with E-state index in [2.05, 4.69) is 49.3 Å². The Kier molecular flexibility index (Phi) is 2.20. The molecule has 1 atom stereocenters. The van der Waals surface area contributed by atoms with Crippen LogP contribution in [0.15, 0.2) is 30.5 Å². The van der Waals surface area contributed by atoms with E-state index in [1.807, 2.05) is 0 Å². The minimum absolute atomic E-state index is 0.442. The Morgan fingerprint density at radius 2 is 2.21 bits per heavy atom. The Morgan fingerprint density at radius 1 is 1.43 bits per heavy atom. The van der Waals surface area contributed by atoms with Gasteiger partial charge in [0.05, 0.1) is 11.4 Å². The van der Waals surface area contributed by atoms with E-state index in [1.165, 1.54) is 11.3 Å². The summed E-state index contributed by atoms with van der Waals surface area (Å²) in [4.78, 5) is 0. The SMILES string of the molecule is C=C1CC(C)Nc2c(C)cccc2N1. The average Bonchev–Trinajstić information content (AvgIpc) is 2.23. The van der Waals surface area contributed by atoms with Gasteiger partial charge in [-0.2, -0.15) is 0 Å². The molecular formula is C12H16N2. The minimum atomic E-state index is 0.442. The van der Waals surface area contributed by atoms with Crippen LogP contribution in [-0.2, 0) is 0 Å². The van der Waals surface area contributed by atoms with Crippen LogP contribution in [0.1, 0.15) is 18.9 Å². The van der Waals surface area contributed by atoms with Gasteiger partial charge in [0.1, 0.15) is 0 Å². The molecule has 0 aromatic heterocycles. The third kappa shape index (κ3) is 1.60. The molecule has 1 heterocycles. The van der Waals surface area contributed by atoms with Crippen molar-refractivity contribution in [2.24, 2.45) is 0 Å². The summed E-state index contributed by atoms with van der Waals surface area (Å²) < 4.78 is 0. The molecule has 1 aliphatic heterocycles. The number of aryl methyl sites for hydroxylation is 1. The van der Waals surface area contributed by atoms with Crippen LogP contribution in [0.2, 0.25) is 0 Å². The van der Waals surface area contributed by atoms with Crippen molar-refractivity contribution in [3.63, 3.8) is 0 Å². The number of hydrogen-bond acceptors (Lipinski definition) is 2. The summed E-state index contributed by atoms with van der Waals surface area (Å²) in [6, 6.07) is 6.70. The lowest BCUT2D eigenvalue weighted by molar-refractivity contribution is 0.795. The lowest BCUT2D eigenvalue weighted by atomic mass is 10.1. The highest BCUT2D eigenvalue weighted by atomic mass is 15.0. The number of fused-ring (bicyclic) bond motifs is 1. The lowest BCUT2D eigenvalue weighted by Crippen LogP contribution is -2.14. The first-order chi connectivity index (χ1) is 6.66. The van der Waals surface area contributed by atoms with Gasteiger partial charge in [-0.3, -0.25) is 0 Å². The van der Waals surface area contributed by atoms with Crippen molar-refractivity contribution < 1.29 is 0 Å². The molecule has 0 spiro atoms. The van der Waals surface area contributed by atoms with Gasteiger partial charge in [0.25, 0.3) is 0 Å². The minimum Gasteiger partial charge on any atom is -0.380 e. The van der Waals surface area contributed by atoms with Gasteiger partial charge in [0.15, 0.2) is 0 Å². The van der Waals surface area contributed by atoms with E-state index < -0.39 is 0 Å². The summed E-state index contributed by atoms with van der Waals surface area (Å²) in [5.74, 6) is 0. The Bertz CT molecular complexity index is 369. The number of anilines is 2. The molecule has 74 valence electrons. The first kappa shape index (κ1) is 9.13. The molecule has 1 aliphatic rings. The van der Waals surface area contributed by atoms with Crippen LogP contribution in [0.4, 0.5) is 11.4 Å². The zero-order chi connectivity index (χ0) is 10.1. The summed E-state index contributed by atoms with van der Waals surface area (Å²) >= 11 is 0. The zero-order valence-corrected chi connectivity index (χ0v) is 8.72. The van der Waals surface area contributed by atoms with Crippen LogP contribution in [0, 0.1) is 6.92 Å². The second kappa shape index (κ2) is 3.37. The van der Waals surface area contributed by atoms with Crippen LogP contribution < -0.4 is 10.6 Å². The van der Waals surface area contributed by atoms with E-state index in [9.17, 15) is 0 Å². The number of para-hydroxylation sites is 1. The molecule has 2 N–H and O–H groups in total. The summed E-state index contributed by atoms with van der Waals surface area (Å²) in [6.45, 7) is 8.30. The maximum atomic E-state index is 4.00. The van der Waals surface area contributed by atoms with E-state index in [0.717, 1.165) is 17.8 Å². The predicted molar refractivity (Wildman–Crippen MR) is 61.6 cm³/mol. The summed E-state index contributed by atoms with van der Waals surface area (Å²) in [5, 5.41) is 6.83. The summed E-state index contributed by atoms with van der Waals surface area (Å²) in [7, 11) is 0. The fourth-order valence-corrected chi connectivity index (χ4v) is 1.87. The van der Waals surface area contributed by atoms with Crippen molar-refractivity contribution in [3.05, 3.63) is 36.0 Å². The van der Waals surface area contributed by atoms with Crippen molar-refractivity contribution in [3.8, 4) is 0 Å². The average molecular weight is 188 g/mol. The molecule has 2 heteroatoms. The molecular weight excluding hydrogens is 172 g/mol. The largest absolute Gasteiger partial charge is 0.380 e. The smallest absolute Gasteiger partial charge is 0.0620 e. The standard InChI is InChI=1S/C12H16N2/c1-8-5-4-6-11-12(8)14-10(3)7-9(2)13-11/h4-6,10,13-14H,2,7H2,1,3H3. The molecule has 1 aromatic rings. The molecule has 1 aromatic carbocycles. The van der Waals surface area contributed by atoms with Gasteiger partial charge in [0.2, 0.25) is 0 Å². The van der Waals surface area contributed by atoms with Crippen LogP contribution in [0.25, 0.3) is 0 Å². The lowest BCUT2D eigenvalue weighted by Gasteiger charge is -2.14. The Balaban J connectivity index is 2.46.